The van der Waals surface area contributed by atoms with Gasteiger partial charge in [0.25, 0.3) is 0 Å². The zero-order valence-electron chi connectivity index (χ0n) is 8.34. The molecule has 82 valence electrons. The number of hydrogen-bond acceptors (Lipinski definition) is 4. The van der Waals surface area contributed by atoms with E-state index in [0.717, 1.165) is 21.9 Å². The second kappa shape index (κ2) is 3.21. The Labute approximate surface area is 90.2 Å². The fraction of sp³-hybridized carbons (Fsp3) is 0.100. The summed E-state index contributed by atoms with van der Waals surface area (Å²) in [6.07, 6.45) is 4.96. The maximum atomic E-state index is 13.2. The monoisotopic (exact) mass is 219 g/mol. The highest BCUT2D eigenvalue weighted by Crippen LogP contribution is 2.18. The molecule has 0 saturated heterocycles. The molecule has 1 aliphatic heterocycles. The first kappa shape index (κ1) is 9.17. The van der Waals surface area contributed by atoms with Crippen LogP contribution >= 0.6 is 0 Å². The van der Waals surface area contributed by atoms with Crippen LogP contribution in [0.2, 0.25) is 0 Å². The van der Waals surface area contributed by atoms with Gasteiger partial charge < -0.3 is 15.7 Å². The van der Waals surface area contributed by atoms with Crippen LogP contribution in [0.15, 0.2) is 16.9 Å². The minimum absolute atomic E-state index is 0.162. The molecule has 6 heteroatoms. The van der Waals surface area contributed by atoms with Crippen molar-refractivity contribution in [2.45, 2.75) is 6.42 Å². The van der Waals surface area contributed by atoms with E-state index in [9.17, 15) is 4.39 Å². The van der Waals surface area contributed by atoms with Crippen molar-refractivity contribution in [1.29, 1.82) is 0 Å². The van der Waals surface area contributed by atoms with Gasteiger partial charge in [-0.2, -0.15) is 0 Å². The number of hydrazine groups is 1. The van der Waals surface area contributed by atoms with Gasteiger partial charge >= 0.3 is 0 Å². The van der Waals surface area contributed by atoms with E-state index in [1.54, 1.807) is 6.08 Å². The van der Waals surface area contributed by atoms with Gasteiger partial charge in [0.1, 0.15) is 17.0 Å². The van der Waals surface area contributed by atoms with Crippen LogP contribution in [0.5, 0.6) is 0 Å². The van der Waals surface area contributed by atoms with E-state index in [1.807, 2.05) is 0 Å². The Morgan fingerprint density at radius 2 is 2.31 bits per heavy atom. The van der Waals surface area contributed by atoms with Crippen molar-refractivity contribution in [2.75, 3.05) is 0 Å². The van der Waals surface area contributed by atoms with Gasteiger partial charge in [0.15, 0.2) is 0 Å². The number of aromatic nitrogens is 1. The number of fused-ring (bicyclic) bond motifs is 3. The quantitative estimate of drug-likeness (QED) is 0.361. The number of rotatable bonds is 1. The molecule has 0 aromatic carbocycles. The molecule has 1 aromatic rings. The van der Waals surface area contributed by atoms with Crippen molar-refractivity contribution in [1.82, 2.24) is 15.7 Å². The van der Waals surface area contributed by atoms with E-state index in [-0.39, 0.29) is 12.2 Å². The predicted octanol–water partition coefficient (Wildman–Crippen LogP) is -1.00. The van der Waals surface area contributed by atoms with Gasteiger partial charge in [-0.3, -0.25) is 0 Å². The van der Waals surface area contributed by atoms with Crippen LogP contribution in [-0.2, 0) is 6.42 Å². The molecule has 0 spiro atoms. The van der Waals surface area contributed by atoms with Crippen LogP contribution in [0, 0.1) is 0 Å². The van der Waals surface area contributed by atoms with Gasteiger partial charge in [0.05, 0.1) is 12.0 Å². The fourth-order valence-corrected chi connectivity index (χ4v) is 1.94. The molecule has 1 aromatic heterocycles. The number of allylic oxidation sites excluding steroid dienone is 2. The van der Waals surface area contributed by atoms with Crippen molar-refractivity contribution in [2.24, 2.45) is 10.8 Å². The second-order valence-corrected chi connectivity index (χ2v) is 3.62. The summed E-state index contributed by atoms with van der Waals surface area (Å²) in [6.45, 7) is 0. The first-order chi connectivity index (χ1) is 7.79. The Hall–Kier alpha value is -2.08. The van der Waals surface area contributed by atoms with Crippen molar-refractivity contribution in [3.05, 3.63) is 28.2 Å². The van der Waals surface area contributed by atoms with Crippen LogP contribution in [0.3, 0.4) is 0 Å². The number of H-pyrrole nitrogens is 1. The number of nitrogens with two attached hydrogens (primary N) is 1. The summed E-state index contributed by atoms with van der Waals surface area (Å²) < 4.78 is 13.2. The van der Waals surface area contributed by atoms with Crippen molar-refractivity contribution < 1.29 is 4.39 Å². The highest BCUT2D eigenvalue weighted by molar-refractivity contribution is 5.76. The van der Waals surface area contributed by atoms with Crippen molar-refractivity contribution >= 4 is 23.9 Å². The lowest BCUT2D eigenvalue weighted by atomic mass is 10.1. The molecule has 0 fully saturated rings. The Morgan fingerprint density at radius 1 is 1.44 bits per heavy atom. The van der Waals surface area contributed by atoms with Gasteiger partial charge in [-0.1, -0.05) is 0 Å². The summed E-state index contributed by atoms with van der Waals surface area (Å²) in [5.74, 6) is 5.85. The third kappa shape index (κ3) is 1.17. The lowest BCUT2D eigenvalue weighted by Crippen LogP contribution is -2.37. The molecule has 3 rings (SSSR count). The molecule has 0 amide bonds. The largest absolute Gasteiger partial charge is 0.350 e. The van der Waals surface area contributed by atoms with E-state index in [0.29, 0.717) is 5.82 Å². The Morgan fingerprint density at radius 3 is 3.12 bits per heavy atom. The van der Waals surface area contributed by atoms with Gasteiger partial charge in [0.2, 0.25) is 0 Å². The Balaban J connectivity index is 2.33. The first-order valence-corrected chi connectivity index (χ1v) is 4.87. The summed E-state index contributed by atoms with van der Waals surface area (Å²) >= 11 is 0. The molecule has 0 unspecified atom stereocenters. The predicted molar refractivity (Wildman–Crippen MR) is 59.4 cm³/mol. The maximum absolute atomic E-state index is 13.2. The first-order valence-electron chi connectivity index (χ1n) is 4.87. The number of hydrogen-bond donors (Lipinski definition) is 4. The zero-order chi connectivity index (χ0) is 11.1. The Kier molecular flexibility index (Phi) is 1.84. The Bertz CT molecular complexity index is 622. The molecule has 0 radical (unpaired) electrons. The van der Waals surface area contributed by atoms with Gasteiger partial charge in [-0.05, 0) is 12.2 Å². The number of halogens is 1. The van der Waals surface area contributed by atoms with Crippen molar-refractivity contribution in [3.63, 3.8) is 0 Å². The highest BCUT2D eigenvalue weighted by Gasteiger charge is 2.17. The molecule has 2 heterocycles. The van der Waals surface area contributed by atoms with Crippen molar-refractivity contribution in [3.8, 4) is 0 Å². The average Bonchev–Trinajstić information content (AvgIpc) is 2.67. The molecule has 5 nitrogen and oxygen atoms in total. The minimum Gasteiger partial charge on any atom is -0.350 e. The molecule has 5 N–H and O–H groups in total. The van der Waals surface area contributed by atoms with E-state index in [4.69, 9.17) is 5.84 Å². The number of aromatic amines is 1. The summed E-state index contributed by atoms with van der Waals surface area (Å²) in [4.78, 5) is 7.35. The normalized spacial score (nSPS) is 16.9. The zero-order valence-corrected chi connectivity index (χ0v) is 8.34. The summed E-state index contributed by atoms with van der Waals surface area (Å²) in [5, 5.41) is 4.51. The van der Waals surface area contributed by atoms with Crippen LogP contribution in [-0.4, -0.2) is 11.3 Å². The topological polar surface area (TPSA) is 78.2 Å². The highest BCUT2D eigenvalue weighted by atomic mass is 19.1. The van der Waals surface area contributed by atoms with Crippen LogP contribution < -0.4 is 27.3 Å². The molecule has 0 bridgehead atoms. The van der Waals surface area contributed by atoms with Gasteiger partial charge in [-0.15, -0.1) is 0 Å². The molecule has 0 atom stereocenters. The van der Waals surface area contributed by atoms with E-state index < -0.39 is 0 Å². The number of nitrogens with one attached hydrogen (secondary N) is 3. The molecule has 0 saturated carbocycles. The van der Waals surface area contributed by atoms with Crippen LogP contribution in [0.1, 0.15) is 5.56 Å². The minimum atomic E-state index is -0.162. The summed E-state index contributed by atoms with van der Waals surface area (Å²) in [6, 6.07) is 0. The molecule has 2 aliphatic rings. The summed E-state index contributed by atoms with van der Waals surface area (Å²) in [5.41, 5.74) is 4.14. The van der Waals surface area contributed by atoms with E-state index in [2.05, 4.69) is 20.7 Å². The molecular weight excluding hydrogens is 209 g/mol. The molecular formula is C10H10FN5. The third-order valence-corrected chi connectivity index (χ3v) is 2.68. The SMILES string of the molecule is NNC1=c2[nH]c3c(c2N=CN1)CC(F)=CC=3. The van der Waals surface area contributed by atoms with Gasteiger partial charge in [-0.25, -0.2) is 15.2 Å². The number of nitrogens with zero attached hydrogens (tertiary/aromatic N) is 1. The van der Waals surface area contributed by atoms with Crippen LogP contribution in [0.25, 0.3) is 11.9 Å². The smallest absolute Gasteiger partial charge is 0.145 e. The van der Waals surface area contributed by atoms with E-state index >= 15 is 0 Å². The average molecular weight is 219 g/mol. The summed E-state index contributed by atoms with van der Waals surface area (Å²) in [7, 11) is 0. The third-order valence-electron chi connectivity index (χ3n) is 2.68. The molecule has 16 heavy (non-hydrogen) atoms. The lowest BCUT2D eigenvalue weighted by molar-refractivity contribution is 0.611. The lowest BCUT2D eigenvalue weighted by Gasteiger charge is -2.09. The van der Waals surface area contributed by atoms with E-state index in [1.165, 1.54) is 12.4 Å². The van der Waals surface area contributed by atoms with Crippen LogP contribution in [0.4, 0.5) is 10.1 Å². The standard InChI is InChI=1S/C10H10FN5/c11-5-1-2-7-6(3-5)8-9(15-7)10(16-12)14-4-13-8/h1-2,4,15-16H,3,12H2,(H,13,14). The second-order valence-electron chi connectivity index (χ2n) is 3.62. The number of aliphatic imine (C=N–C) groups is 1. The fourth-order valence-electron chi connectivity index (χ4n) is 1.94. The maximum Gasteiger partial charge on any atom is 0.145 e. The molecule has 1 aliphatic carbocycles. The van der Waals surface area contributed by atoms with Gasteiger partial charge in [0, 0.05) is 17.3 Å².